The summed E-state index contributed by atoms with van der Waals surface area (Å²) in [4.78, 5) is 27.9. The highest BCUT2D eigenvalue weighted by atomic mass is 35.5. The lowest BCUT2D eigenvalue weighted by molar-refractivity contribution is -0.138. The minimum atomic E-state index is -4.87. The van der Waals surface area contributed by atoms with Crippen LogP contribution in [0.25, 0.3) is 0 Å². The number of alkyl halides is 3. The van der Waals surface area contributed by atoms with Crippen LogP contribution in [0.2, 0.25) is 5.02 Å². The molecule has 0 saturated heterocycles. The second-order valence-corrected chi connectivity index (χ2v) is 12.4. The van der Waals surface area contributed by atoms with Gasteiger partial charge in [0.2, 0.25) is 11.8 Å². The second kappa shape index (κ2) is 14.1. The van der Waals surface area contributed by atoms with Crippen molar-refractivity contribution >= 4 is 39.1 Å². The Labute approximate surface area is 249 Å². The van der Waals surface area contributed by atoms with Crippen molar-refractivity contribution in [1.82, 2.24) is 10.2 Å². The minimum absolute atomic E-state index is 0.0623. The molecule has 0 aliphatic heterocycles. The van der Waals surface area contributed by atoms with E-state index in [0.29, 0.717) is 23.3 Å². The number of carbonyl (C=O) groups excluding carboxylic acids is 2. The van der Waals surface area contributed by atoms with E-state index in [2.05, 4.69) is 5.32 Å². The summed E-state index contributed by atoms with van der Waals surface area (Å²) < 4.78 is 69.3. The molecule has 3 aromatic carbocycles. The van der Waals surface area contributed by atoms with Gasteiger partial charge >= 0.3 is 6.18 Å². The molecule has 0 aliphatic rings. The van der Waals surface area contributed by atoms with Crippen LogP contribution in [0.1, 0.15) is 31.9 Å². The molecule has 12 heteroatoms. The van der Waals surface area contributed by atoms with Gasteiger partial charge in [-0.2, -0.15) is 13.2 Å². The summed E-state index contributed by atoms with van der Waals surface area (Å²) in [5.41, 5.74) is -0.764. The molecular formula is C30H33ClF3N3O4S. The van der Waals surface area contributed by atoms with Crippen molar-refractivity contribution in [2.75, 3.05) is 23.9 Å². The molecule has 0 heterocycles. The fourth-order valence-electron chi connectivity index (χ4n) is 4.16. The molecule has 0 aromatic heterocycles. The fourth-order valence-corrected chi connectivity index (χ4v) is 5.81. The van der Waals surface area contributed by atoms with E-state index in [1.807, 2.05) is 44.2 Å². The van der Waals surface area contributed by atoms with Crippen LogP contribution in [0.4, 0.5) is 18.9 Å². The molecule has 226 valence electrons. The van der Waals surface area contributed by atoms with E-state index in [4.69, 9.17) is 11.6 Å². The van der Waals surface area contributed by atoms with Gasteiger partial charge in [0.1, 0.15) is 12.6 Å². The smallest absolute Gasteiger partial charge is 0.354 e. The molecular weight excluding hydrogens is 591 g/mol. The molecule has 1 atom stereocenters. The Kier molecular flexibility index (Phi) is 11.0. The Morgan fingerprint density at radius 2 is 1.52 bits per heavy atom. The SMILES string of the molecule is CC(C)CNC(=O)[C@H](C)N(CCc1ccccc1)C(=O)CN(c1ccc(Cl)c(C(F)(F)F)c1)S(=O)(=O)c1ccccc1. The Morgan fingerprint density at radius 3 is 2.10 bits per heavy atom. The third-order valence-electron chi connectivity index (χ3n) is 6.49. The van der Waals surface area contributed by atoms with E-state index < -0.39 is 56.9 Å². The van der Waals surface area contributed by atoms with Gasteiger partial charge < -0.3 is 10.2 Å². The van der Waals surface area contributed by atoms with Gasteiger partial charge in [-0.15, -0.1) is 0 Å². The number of rotatable bonds is 12. The predicted octanol–water partition coefficient (Wildman–Crippen LogP) is 5.79. The van der Waals surface area contributed by atoms with Crippen molar-refractivity contribution in [3.05, 3.63) is 95.0 Å². The van der Waals surface area contributed by atoms with E-state index in [9.17, 15) is 31.2 Å². The normalized spacial score (nSPS) is 12.6. The number of benzene rings is 3. The van der Waals surface area contributed by atoms with Gasteiger partial charge in [-0.05, 0) is 55.2 Å². The van der Waals surface area contributed by atoms with Gasteiger partial charge in [0.15, 0.2) is 0 Å². The number of halogens is 4. The molecule has 0 radical (unpaired) electrons. The van der Waals surface area contributed by atoms with Gasteiger partial charge in [0.05, 0.1) is 21.2 Å². The molecule has 0 aliphatic carbocycles. The maximum Gasteiger partial charge on any atom is 0.417 e. The van der Waals surface area contributed by atoms with Gasteiger partial charge in [0.25, 0.3) is 10.0 Å². The molecule has 0 bridgehead atoms. The maximum absolute atomic E-state index is 13.9. The molecule has 0 fully saturated rings. The Hall–Kier alpha value is -3.57. The number of sulfonamides is 1. The van der Waals surface area contributed by atoms with Crippen LogP contribution < -0.4 is 9.62 Å². The molecule has 0 spiro atoms. The zero-order chi connectivity index (χ0) is 31.1. The molecule has 0 saturated carbocycles. The van der Waals surface area contributed by atoms with Crippen molar-refractivity contribution in [2.24, 2.45) is 5.92 Å². The van der Waals surface area contributed by atoms with Gasteiger partial charge in [-0.3, -0.25) is 13.9 Å². The second-order valence-electron chi connectivity index (χ2n) is 10.1. The van der Waals surface area contributed by atoms with Crippen molar-refractivity contribution in [1.29, 1.82) is 0 Å². The monoisotopic (exact) mass is 623 g/mol. The summed E-state index contributed by atoms with van der Waals surface area (Å²) in [7, 11) is -4.52. The molecule has 0 unspecified atom stereocenters. The van der Waals surface area contributed by atoms with E-state index in [-0.39, 0.29) is 17.4 Å². The van der Waals surface area contributed by atoms with Crippen LogP contribution in [-0.2, 0) is 32.2 Å². The lowest BCUT2D eigenvalue weighted by atomic mass is 10.1. The number of carbonyl (C=O) groups is 2. The number of amides is 2. The zero-order valence-electron chi connectivity index (χ0n) is 23.4. The van der Waals surface area contributed by atoms with Crippen LogP contribution in [-0.4, -0.2) is 50.8 Å². The third kappa shape index (κ3) is 8.48. The van der Waals surface area contributed by atoms with Crippen LogP contribution in [0.3, 0.4) is 0 Å². The average Bonchev–Trinajstić information content (AvgIpc) is 2.95. The lowest BCUT2D eigenvalue weighted by Gasteiger charge is -2.32. The molecule has 1 N–H and O–H groups in total. The van der Waals surface area contributed by atoms with Gasteiger partial charge in [-0.25, -0.2) is 8.42 Å². The van der Waals surface area contributed by atoms with Crippen molar-refractivity contribution in [3.8, 4) is 0 Å². The number of hydrogen-bond acceptors (Lipinski definition) is 4. The highest BCUT2D eigenvalue weighted by Crippen LogP contribution is 2.38. The summed E-state index contributed by atoms with van der Waals surface area (Å²) in [6.07, 6.45) is -4.51. The van der Waals surface area contributed by atoms with Crippen LogP contribution in [0.15, 0.2) is 83.8 Å². The molecule has 7 nitrogen and oxygen atoms in total. The lowest BCUT2D eigenvalue weighted by Crippen LogP contribution is -2.52. The molecule has 3 rings (SSSR count). The first-order valence-corrected chi connectivity index (χ1v) is 15.1. The standard InChI is InChI=1S/C30H33ClF3N3O4S/c1-21(2)19-35-29(39)22(3)36(17-16-23-10-6-4-7-11-23)28(38)20-37(42(40,41)25-12-8-5-9-13-25)24-14-15-27(31)26(18-24)30(32,33)34/h4-15,18,21-22H,16-17,19-20H2,1-3H3,(H,35,39)/t22-/m0/s1. The summed E-state index contributed by atoms with van der Waals surface area (Å²) in [6, 6.07) is 17.9. The first-order chi connectivity index (χ1) is 19.7. The van der Waals surface area contributed by atoms with Crippen molar-refractivity contribution in [2.45, 2.75) is 44.3 Å². The van der Waals surface area contributed by atoms with Gasteiger partial charge in [-0.1, -0.05) is 74.0 Å². The van der Waals surface area contributed by atoms with Gasteiger partial charge in [0, 0.05) is 13.1 Å². The van der Waals surface area contributed by atoms with E-state index in [1.165, 1.54) is 36.1 Å². The topological polar surface area (TPSA) is 86.8 Å². The van der Waals surface area contributed by atoms with E-state index >= 15 is 0 Å². The first kappa shape index (κ1) is 32.9. The highest BCUT2D eigenvalue weighted by molar-refractivity contribution is 7.92. The number of anilines is 1. The third-order valence-corrected chi connectivity index (χ3v) is 8.61. The molecule has 3 aromatic rings. The summed E-state index contributed by atoms with van der Waals surface area (Å²) in [5, 5.41) is 2.17. The summed E-state index contributed by atoms with van der Waals surface area (Å²) in [5.74, 6) is -1.05. The Balaban J connectivity index is 2.04. The maximum atomic E-state index is 13.9. The number of nitrogens with zero attached hydrogens (tertiary/aromatic N) is 2. The van der Waals surface area contributed by atoms with Crippen LogP contribution in [0.5, 0.6) is 0 Å². The van der Waals surface area contributed by atoms with Crippen molar-refractivity contribution < 1.29 is 31.2 Å². The molecule has 2 amide bonds. The van der Waals surface area contributed by atoms with Crippen molar-refractivity contribution in [3.63, 3.8) is 0 Å². The molecule has 42 heavy (non-hydrogen) atoms. The number of nitrogens with one attached hydrogen (secondary N) is 1. The summed E-state index contributed by atoms with van der Waals surface area (Å²) in [6.45, 7) is 4.93. The summed E-state index contributed by atoms with van der Waals surface area (Å²) >= 11 is 5.79. The fraction of sp³-hybridized carbons (Fsp3) is 0.333. The number of hydrogen-bond donors (Lipinski definition) is 1. The quantitative estimate of drug-likeness (QED) is 0.277. The zero-order valence-corrected chi connectivity index (χ0v) is 25.0. The largest absolute Gasteiger partial charge is 0.417 e. The Morgan fingerprint density at radius 1 is 0.929 bits per heavy atom. The highest BCUT2D eigenvalue weighted by Gasteiger charge is 2.36. The first-order valence-electron chi connectivity index (χ1n) is 13.3. The Bertz CT molecular complexity index is 1470. The van der Waals surface area contributed by atoms with E-state index in [1.54, 1.807) is 6.07 Å². The minimum Gasteiger partial charge on any atom is -0.354 e. The predicted molar refractivity (Wildman–Crippen MR) is 157 cm³/mol. The van der Waals surface area contributed by atoms with E-state index in [0.717, 1.165) is 17.7 Å². The van der Waals surface area contributed by atoms with Crippen LogP contribution >= 0.6 is 11.6 Å². The van der Waals surface area contributed by atoms with Crippen LogP contribution in [0, 0.1) is 5.92 Å². The average molecular weight is 624 g/mol.